The van der Waals surface area contributed by atoms with Gasteiger partial charge in [0.1, 0.15) is 18.2 Å². The zero-order chi connectivity index (χ0) is 24.9. The fourth-order valence-corrected chi connectivity index (χ4v) is 6.08. The van der Waals surface area contributed by atoms with Crippen molar-refractivity contribution >= 4 is 46.5 Å². The molecule has 35 heavy (non-hydrogen) atoms. The monoisotopic (exact) mass is 493 g/mol. The highest BCUT2D eigenvalue weighted by Gasteiger charge is 2.61. The first-order valence-electron chi connectivity index (χ1n) is 10.9. The fraction of sp³-hybridized carbons (Fsp3) is 0.192. The first-order valence-corrected chi connectivity index (χ1v) is 11.9. The first kappa shape index (κ1) is 23.0. The number of aryl methyl sites for hydroxylation is 2. The molecule has 1 fully saturated rings. The average molecular weight is 494 g/mol. The minimum absolute atomic E-state index is 0.105. The molecule has 0 saturated carbocycles. The lowest BCUT2D eigenvalue weighted by molar-refractivity contribution is -0.124. The van der Waals surface area contributed by atoms with E-state index in [9.17, 15) is 23.2 Å². The van der Waals surface area contributed by atoms with Crippen LogP contribution in [0.1, 0.15) is 16.7 Å². The molecule has 1 spiro atoms. The van der Waals surface area contributed by atoms with Crippen LogP contribution in [0.25, 0.3) is 0 Å². The second-order valence-electron chi connectivity index (χ2n) is 8.59. The van der Waals surface area contributed by atoms with Crippen LogP contribution in [0.2, 0.25) is 0 Å². The summed E-state index contributed by atoms with van der Waals surface area (Å²) in [5, 5.41) is 2.40. The Balaban J connectivity index is 1.53. The SMILES string of the molecule is Cc1cc(C)cc(N2C(=O)CS[C@@]23C(=O)N(CC(=O)Nc2ccc(F)cc2F)c2ccccc23)c1. The van der Waals surface area contributed by atoms with Gasteiger partial charge in [-0.15, -0.1) is 11.8 Å². The van der Waals surface area contributed by atoms with E-state index < -0.39 is 34.9 Å². The van der Waals surface area contributed by atoms with Crippen LogP contribution in [0, 0.1) is 25.5 Å². The Morgan fingerprint density at radius 2 is 1.74 bits per heavy atom. The van der Waals surface area contributed by atoms with Crippen LogP contribution in [-0.4, -0.2) is 30.0 Å². The lowest BCUT2D eigenvalue weighted by Gasteiger charge is -2.33. The molecule has 1 N–H and O–H groups in total. The van der Waals surface area contributed by atoms with Gasteiger partial charge >= 0.3 is 0 Å². The molecule has 3 aromatic rings. The van der Waals surface area contributed by atoms with E-state index in [2.05, 4.69) is 5.32 Å². The summed E-state index contributed by atoms with van der Waals surface area (Å²) in [5.41, 5.74) is 3.45. The summed E-state index contributed by atoms with van der Waals surface area (Å²) in [6.45, 7) is 3.45. The maximum absolute atomic E-state index is 14.0. The van der Waals surface area contributed by atoms with Gasteiger partial charge in [0.2, 0.25) is 16.7 Å². The van der Waals surface area contributed by atoms with Crippen LogP contribution >= 0.6 is 11.8 Å². The topological polar surface area (TPSA) is 69.7 Å². The number of nitrogens with one attached hydrogen (secondary N) is 1. The van der Waals surface area contributed by atoms with E-state index in [0.29, 0.717) is 23.0 Å². The second kappa shape index (κ2) is 8.49. The van der Waals surface area contributed by atoms with Gasteiger partial charge in [-0.05, 0) is 55.3 Å². The van der Waals surface area contributed by atoms with E-state index >= 15 is 0 Å². The lowest BCUT2D eigenvalue weighted by atomic mass is 10.0. The van der Waals surface area contributed by atoms with E-state index in [1.807, 2.05) is 32.0 Å². The highest BCUT2D eigenvalue weighted by molar-refractivity contribution is 8.02. The highest BCUT2D eigenvalue weighted by Crippen LogP contribution is 2.55. The number of carbonyl (C=O) groups excluding carboxylic acids is 3. The number of hydrogen-bond acceptors (Lipinski definition) is 4. The molecule has 3 amide bonds. The van der Waals surface area contributed by atoms with Crippen molar-refractivity contribution in [3.05, 3.63) is 89.0 Å². The van der Waals surface area contributed by atoms with E-state index in [0.717, 1.165) is 23.3 Å². The number of amides is 3. The van der Waals surface area contributed by atoms with E-state index in [4.69, 9.17) is 0 Å². The van der Waals surface area contributed by atoms with Gasteiger partial charge in [0.15, 0.2) is 0 Å². The predicted octanol–water partition coefficient (Wildman–Crippen LogP) is 4.50. The number of carbonyl (C=O) groups is 3. The van der Waals surface area contributed by atoms with E-state index in [1.54, 1.807) is 24.3 Å². The molecule has 0 radical (unpaired) electrons. The Labute approximate surface area is 204 Å². The average Bonchev–Trinajstić information content (AvgIpc) is 3.26. The molecule has 0 unspecified atom stereocenters. The quantitative estimate of drug-likeness (QED) is 0.581. The maximum Gasteiger partial charge on any atom is 0.269 e. The van der Waals surface area contributed by atoms with Gasteiger partial charge < -0.3 is 5.32 Å². The van der Waals surface area contributed by atoms with Crippen LogP contribution in [0.15, 0.2) is 60.7 Å². The van der Waals surface area contributed by atoms with Crippen LogP contribution in [0.5, 0.6) is 0 Å². The Kier molecular flexibility index (Phi) is 5.59. The summed E-state index contributed by atoms with van der Waals surface area (Å²) in [6, 6.07) is 15.6. The molecule has 6 nitrogen and oxygen atoms in total. The third-order valence-corrected chi connectivity index (χ3v) is 7.42. The van der Waals surface area contributed by atoms with Crippen molar-refractivity contribution in [1.29, 1.82) is 0 Å². The smallest absolute Gasteiger partial charge is 0.269 e. The fourth-order valence-electron chi connectivity index (χ4n) is 4.72. The summed E-state index contributed by atoms with van der Waals surface area (Å²) in [6.07, 6.45) is 0. The molecule has 2 aliphatic rings. The van der Waals surface area contributed by atoms with Crippen LogP contribution in [0.3, 0.4) is 0 Å². The number of para-hydroxylation sites is 1. The molecule has 1 saturated heterocycles. The molecular weight excluding hydrogens is 472 g/mol. The molecule has 3 aromatic carbocycles. The Bertz CT molecular complexity index is 1380. The van der Waals surface area contributed by atoms with Gasteiger partial charge in [-0.25, -0.2) is 8.78 Å². The minimum Gasteiger partial charge on any atom is -0.322 e. The number of thioether (sulfide) groups is 1. The van der Waals surface area contributed by atoms with Crippen molar-refractivity contribution in [1.82, 2.24) is 0 Å². The summed E-state index contributed by atoms with van der Waals surface area (Å²) in [7, 11) is 0. The van der Waals surface area contributed by atoms with Crippen molar-refractivity contribution < 1.29 is 23.2 Å². The number of benzene rings is 3. The van der Waals surface area contributed by atoms with Gasteiger partial charge in [-0.2, -0.15) is 0 Å². The number of rotatable bonds is 4. The molecule has 178 valence electrons. The van der Waals surface area contributed by atoms with Gasteiger partial charge in [-0.3, -0.25) is 24.2 Å². The van der Waals surface area contributed by atoms with Gasteiger partial charge in [0.25, 0.3) is 5.91 Å². The summed E-state index contributed by atoms with van der Waals surface area (Å²) >= 11 is 1.22. The number of nitrogens with zero attached hydrogens (tertiary/aromatic N) is 2. The lowest BCUT2D eigenvalue weighted by Crippen LogP contribution is -2.51. The van der Waals surface area contributed by atoms with Crippen molar-refractivity contribution in [3.63, 3.8) is 0 Å². The zero-order valence-corrected chi connectivity index (χ0v) is 19.8. The Morgan fingerprint density at radius 3 is 2.46 bits per heavy atom. The van der Waals surface area contributed by atoms with Gasteiger partial charge in [-0.1, -0.05) is 24.3 Å². The summed E-state index contributed by atoms with van der Waals surface area (Å²) in [4.78, 5) is 41.4. The van der Waals surface area contributed by atoms with E-state index in [-0.39, 0.29) is 17.3 Å². The molecule has 9 heteroatoms. The summed E-state index contributed by atoms with van der Waals surface area (Å²) < 4.78 is 27.3. The van der Waals surface area contributed by atoms with Crippen LogP contribution < -0.4 is 15.1 Å². The third-order valence-electron chi connectivity index (χ3n) is 6.04. The standard InChI is InChI=1S/C26H21F2N3O3S/c1-15-9-16(2)11-18(10-15)31-24(33)14-35-26(31)19-5-3-4-6-22(19)30(25(26)34)13-23(32)29-21-8-7-17(27)12-20(21)28/h3-12H,13-14H2,1-2H3,(H,29,32)/t26-/m0/s1. The maximum atomic E-state index is 14.0. The molecule has 1 atom stereocenters. The largest absolute Gasteiger partial charge is 0.322 e. The molecule has 2 aliphatic heterocycles. The van der Waals surface area contributed by atoms with Gasteiger partial charge in [0, 0.05) is 17.3 Å². The predicted molar refractivity (Wildman–Crippen MR) is 131 cm³/mol. The minimum atomic E-state index is -1.35. The van der Waals surface area contributed by atoms with Crippen LogP contribution in [0.4, 0.5) is 25.8 Å². The Morgan fingerprint density at radius 1 is 1.03 bits per heavy atom. The van der Waals surface area contributed by atoms with Crippen LogP contribution in [-0.2, 0) is 19.3 Å². The van der Waals surface area contributed by atoms with Crippen molar-refractivity contribution in [2.75, 3.05) is 27.4 Å². The molecule has 0 aromatic heterocycles. The first-order chi connectivity index (χ1) is 16.7. The number of anilines is 3. The normalized spacial score (nSPS) is 19.0. The van der Waals surface area contributed by atoms with Crippen molar-refractivity contribution in [2.24, 2.45) is 0 Å². The molecule has 0 aliphatic carbocycles. The molecular formula is C26H21F2N3O3S. The van der Waals surface area contributed by atoms with Crippen molar-refractivity contribution in [2.45, 2.75) is 18.7 Å². The molecule has 0 bridgehead atoms. The number of hydrogen-bond donors (Lipinski definition) is 1. The van der Waals surface area contributed by atoms with Crippen molar-refractivity contribution in [3.8, 4) is 0 Å². The second-order valence-corrected chi connectivity index (χ2v) is 9.76. The molecule has 2 heterocycles. The third kappa shape index (κ3) is 3.76. The summed E-state index contributed by atoms with van der Waals surface area (Å²) in [5.74, 6) is -2.86. The Hall–Kier alpha value is -3.72. The van der Waals surface area contributed by atoms with E-state index in [1.165, 1.54) is 21.6 Å². The molecule has 5 rings (SSSR count). The number of halogens is 2. The number of fused-ring (bicyclic) bond motifs is 2. The zero-order valence-electron chi connectivity index (χ0n) is 19.0. The highest BCUT2D eigenvalue weighted by atomic mass is 32.2. The van der Waals surface area contributed by atoms with Gasteiger partial charge in [0.05, 0.1) is 17.1 Å².